The second kappa shape index (κ2) is 6.01. The maximum atomic E-state index is 13.9. The second-order valence-electron chi connectivity index (χ2n) is 5.08. The van der Waals surface area contributed by atoms with Crippen molar-refractivity contribution in [3.8, 4) is 0 Å². The largest absolute Gasteiger partial charge is 0.392 e. The van der Waals surface area contributed by atoms with Gasteiger partial charge in [0.1, 0.15) is 5.82 Å². The van der Waals surface area contributed by atoms with Gasteiger partial charge in [-0.15, -0.1) is 0 Å². The average Bonchev–Trinajstić information content (AvgIpc) is 2.25. The molecule has 0 aliphatic rings. The molecule has 0 aromatic heterocycles. The lowest BCUT2D eigenvalue weighted by molar-refractivity contribution is 0.281. The van der Waals surface area contributed by atoms with Crippen LogP contribution in [0.1, 0.15) is 33.3 Å². The van der Waals surface area contributed by atoms with Crippen LogP contribution in [0.5, 0.6) is 0 Å². The predicted octanol–water partition coefficient (Wildman–Crippen LogP) is 3.19. The first-order chi connectivity index (χ1) is 7.95. The molecule has 96 valence electrons. The summed E-state index contributed by atoms with van der Waals surface area (Å²) in [6.45, 7) is 9.06. The Balaban J connectivity index is 3.01. The van der Waals surface area contributed by atoms with Gasteiger partial charge in [-0.1, -0.05) is 19.9 Å². The number of aliphatic hydroxyl groups is 1. The van der Waals surface area contributed by atoms with Crippen LogP contribution in [0.15, 0.2) is 18.2 Å². The van der Waals surface area contributed by atoms with E-state index in [-0.39, 0.29) is 18.5 Å². The minimum atomic E-state index is -0.258. The molecule has 0 amide bonds. The average molecular weight is 239 g/mol. The smallest absolute Gasteiger partial charge is 0.146 e. The first-order valence-electron chi connectivity index (χ1n) is 6.11. The van der Waals surface area contributed by atoms with E-state index in [4.69, 9.17) is 5.11 Å². The Labute approximate surface area is 103 Å². The van der Waals surface area contributed by atoms with Gasteiger partial charge in [-0.3, -0.25) is 0 Å². The number of anilines is 1. The second-order valence-corrected chi connectivity index (χ2v) is 5.08. The Kier molecular flexibility index (Phi) is 4.94. The third kappa shape index (κ3) is 3.70. The van der Waals surface area contributed by atoms with Crippen LogP contribution in [0.3, 0.4) is 0 Å². The van der Waals surface area contributed by atoms with Crippen molar-refractivity contribution >= 4 is 5.69 Å². The first-order valence-corrected chi connectivity index (χ1v) is 6.11. The van der Waals surface area contributed by atoms with E-state index in [1.54, 1.807) is 12.1 Å². The van der Waals surface area contributed by atoms with Crippen molar-refractivity contribution in [2.75, 3.05) is 11.4 Å². The van der Waals surface area contributed by atoms with Gasteiger partial charge in [-0.2, -0.15) is 0 Å². The molecular formula is C14H22FNO. The molecule has 0 heterocycles. The highest BCUT2D eigenvalue weighted by molar-refractivity contribution is 5.50. The van der Waals surface area contributed by atoms with Crippen LogP contribution in [0, 0.1) is 11.7 Å². The van der Waals surface area contributed by atoms with Gasteiger partial charge < -0.3 is 10.0 Å². The fourth-order valence-corrected chi connectivity index (χ4v) is 1.86. The summed E-state index contributed by atoms with van der Waals surface area (Å²) < 4.78 is 13.9. The van der Waals surface area contributed by atoms with Crippen LogP contribution in [-0.2, 0) is 6.61 Å². The molecule has 1 aromatic rings. The Hall–Kier alpha value is -1.09. The predicted molar refractivity (Wildman–Crippen MR) is 69.6 cm³/mol. The normalized spacial score (nSPS) is 11.3. The van der Waals surface area contributed by atoms with E-state index < -0.39 is 0 Å². The van der Waals surface area contributed by atoms with Crippen molar-refractivity contribution in [3.05, 3.63) is 29.6 Å². The molecule has 0 bridgehead atoms. The van der Waals surface area contributed by atoms with Gasteiger partial charge in [0, 0.05) is 12.6 Å². The van der Waals surface area contributed by atoms with E-state index in [2.05, 4.69) is 32.6 Å². The molecule has 0 aliphatic heterocycles. The van der Waals surface area contributed by atoms with Crippen LogP contribution in [-0.4, -0.2) is 17.7 Å². The van der Waals surface area contributed by atoms with Crippen LogP contribution in [0.2, 0.25) is 0 Å². The molecule has 0 saturated carbocycles. The van der Waals surface area contributed by atoms with E-state index in [0.717, 1.165) is 6.54 Å². The van der Waals surface area contributed by atoms with E-state index in [1.165, 1.54) is 6.07 Å². The van der Waals surface area contributed by atoms with Crippen molar-refractivity contribution in [3.63, 3.8) is 0 Å². The zero-order valence-electron chi connectivity index (χ0n) is 11.1. The van der Waals surface area contributed by atoms with Gasteiger partial charge in [0.25, 0.3) is 0 Å². The third-order valence-electron chi connectivity index (χ3n) is 2.69. The number of benzene rings is 1. The lowest BCUT2D eigenvalue weighted by Gasteiger charge is -2.31. The highest BCUT2D eigenvalue weighted by atomic mass is 19.1. The minimum Gasteiger partial charge on any atom is -0.392 e. The Bertz CT molecular complexity index is 363. The molecule has 1 aromatic carbocycles. The van der Waals surface area contributed by atoms with E-state index in [1.807, 2.05) is 0 Å². The monoisotopic (exact) mass is 239 g/mol. The zero-order chi connectivity index (χ0) is 13.0. The molecule has 17 heavy (non-hydrogen) atoms. The summed E-state index contributed by atoms with van der Waals surface area (Å²) in [5.74, 6) is 0.222. The van der Waals surface area contributed by atoms with Crippen molar-refractivity contribution in [1.82, 2.24) is 0 Å². The van der Waals surface area contributed by atoms with Gasteiger partial charge in [-0.25, -0.2) is 4.39 Å². The van der Waals surface area contributed by atoms with Gasteiger partial charge in [0.15, 0.2) is 0 Å². The van der Waals surface area contributed by atoms with E-state index in [0.29, 0.717) is 17.2 Å². The molecule has 0 spiro atoms. The van der Waals surface area contributed by atoms with Crippen molar-refractivity contribution in [2.24, 2.45) is 5.92 Å². The van der Waals surface area contributed by atoms with Gasteiger partial charge >= 0.3 is 0 Å². The van der Waals surface area contributed by atoms with Gasteiger partial charge in [0.2, 0.25) is 0 Å². The molecule has 1 N–H and O–H groups in total. The summed E-state index contributed by atoms with van der Waals surface area (Å²) in [6, 6.07) is 5.19. The fraction of sp³-hybridized carbons (Fsp3) is 0.571. The molecule has 0 fully saturated rings. The fourth-order valence-electron chi connectivity index (χ4n) is 1.86. The summed E-state index contributed by atoms with van der Waals surface area (Å²) in [4.78, 5) is 2.06. The van der Waals surface area contributed by atoms with Crippen LogP contribution in [0.25, 0.3) is 0 Å². The van der Waals surface area contributed by atoms with Crippen molar-refractivity contribution < 1.29 is 9.50 Å². The molecular weight excluding hydrogens is 217 g/mol. The lowest BCUT2D eigenvalue weighted by Crippen LogP contribution is -2.34. The topological polar surface area (TPSA) is 23.5 Å². The standard InChI is InChI=1S/C14H22FNO/c1-10(2)8-16(11(3)4)14-6-5-12(9-17)7-13(14)15/h5-7,10-11,17H,8-9H2,1-4H3. The SMILES string of the molecule is CC(C)CN(c1ccc(CO)cc1F)C(C)C. The molecule has 0 saturated heterocycles. The Morgan fingerprint density at radius 1 is 1.24 bits per heavy atom. The highest BCUT2D eigenvalue weighted by Crippen LogP contribution is 2.23. The zero-order valence-corrected chi connectivity index (χ0v) is 11.1. The van der Waals surface area contributed by atoms with Crippen LogP contribution >= 0.6 is 0 Å². The quantitative estimate of drug-likeness (QED) is 0.853. The molecule has 0 aliphatic carbocycles. The third-order valence-corrected chi connectivity index (χ3v) is 2.69. The van der Waals surface area contributed by atoms with E-state index in [9.17, 15) is 4.39 Å². The number of hydrogen-bond donors (Lipinski definition) is 1. The highest BCUT2D eigenvalue weighted by Gasteiger charge is 2.16. The molecule has 0 unspecified atom stereocenters. The van der Waals surface area contributed by atoms with Crippen LogP contribution < -0.4 is 4.90 Å². The molecule has 2 nitrogen and oxygen atoms in total. The summed E-state index contributed by atoms with van der Waals surface area (Å²) in [6.07, 6.45) is 0. The van der Waals surface area contributed by atoms with Crippen molar-refractivity contribution in [2.45, 2.75) is 40.3 Å². The number of rotatable bonds is 5. The minimum absolute atomic E-state index is 0.122. The number of nitrogens with zero attached hydrogens (tertiary/aromatic N) is 1. The number of halogens is 1. The van der Waals surface area contributed by atoms with Gasteiger partial charge in [-0.05, 0) is 37.5 Å². The molecule has 0 radical (unpaired) electrons. The lowest BCUT2D eigenvalue weighted by atomic mass is 10.1. The van der Waals surface area contributed by atoms with Gasteiger partial charge in [0.05, 0.1) is 12.3 Å². The summed E-state index contributed by atoms with van der Waals surface area (Å²) in [5, 5.41) is 8.97. The number of aliphatic hydroxyl groups excluding tert-OH is 1. The number of hydrogen-bond acceptors (Lipinski definition) is 2. The maximum Gasteiger partial charge on any atom is 0.146 e. The Morgan fingerprint density at radius 2 is 1.88 bits per heavy atom. The maximum absolute atomic E-state index is 13.9. The molecule has 0 atom stereocenters. The Morgan fingerprint density at radius 3 is 2.29 bits per heavy atom. The molecule has 1 rings (SSSR count). The summed E-state index contributed by atoms with van der Waals surface area (Å²) in [5.41, 5.74) is 1.23. The first kappa shape index (κ1) is 14.0. The van der Waals surface area contributed by atoms with Crippen LogP contribution in [0.4, 0.5) is 10.1 Å². The summed E-state index contributed by atoms with van der Waals surface area (Å²) in [7, 11) is 0. The summed E-state index contributed by atoms with van der Waals surface area (Å²) >= 11 is 0. The molecule has 3 heteroatoms. The van der Waals surface area contributed by atoms with Crippen molar-refractivity contribution in [1.29, 1.82) is 0 Å². The van der Waals surface area contributed by atoms with E-state index >= 15 is 0 Å².